The number of carbonyl (C=O) groups is 6. The molecule has 0 spiro atoms. The maximum Gasteiger partial charge on any atom is 0.417 e. The van der Waals surface area contributed by atoms with Gasteiger partial charge in [-0.2, -0.15) is 0 Å². The minimum Gasteiger partial charge on any atom is -0.460 e. The summed E-state index contributed by atoms with van der Waals surface area (Å²) in [7, 11) is 0. The van der Waals surface area contributed by atoms with Gasteiger partial charge in [0, 0.05) is 18.7 Å². The van der Waals surface area contributed by atoms with Gasteiger partial charge in [-0.1, -0.05) is 282 Å². The molecule has 3 rings (SSSR count). The third-order valence-electron chi connectivity index (χ3n) is 18.8. The number of benzene rings is 2. The van der Waals surface area contributed by atoms with Gasteiger partial charge in [0.2, 0.25) is 5.91 Å². The van der Waals surface area contributed by atoms with Gasteiger partial charge in [0.1, 0.15) is 61.9 Å². The van der Waals surface area contributed by atoms with E-state index in [0.717, 1.165) is 64.2 Å². The maximum atomic E-state index is 15.8. The van der Waals surface area contributed by atoms with Crippen LogP contribution in [0.5, 0.6) is 0 Å². The smallest absolute Gasteiger partial charge is 0.417 e. The van der Waals surface area contributed by atoms with Crippen LogP contribution in [0.2, 0.25) is 0 Å². The summed E-state index contributed by atoms with van der Waals surface area (Å²) in [5.74, 6) is -3.29. The van der Waals surface area contributed by atoms with Crippen LogP contribution in [-0.4, -0.2) is 147 Å². The second-order valence-electron chi connectivity index (χ2n) is 27.7. The van der Waals surface area contributed by atoms with E-state index in [2.05, 4.69) is 29.8 Å². The first-order valence-electron chi connectivity index (χ1n) is 38.4. The molecule has 99 heavy (non-hydrogen) atoms. The van der Waals surface area contributed by atoms with E-state index in [9.17, 15) is 44.7 Å². The monoisotopic (exact) mass is 1400 g/mol. The lowest BCUT2D eigenvalue weighted by Gasteiger charge is -2.41. The fourth-order valence-electron chi connectivity index (χ4n) is 12.6. The van der Waals surface area contributed by atoms with Crippen molar-refractivity contribution in [2.45, 2.75) is 352 Å². The Morgan fingerprint density at radius 1 is 0.566 bits per heavy atom. The quantitative estimate of drug-likeness (QED) is 0.0127. The maximum absolute atomic E-state index is 15.8. The number of urea groups is 1. The number of alkyl carbamates (subject to hydrolysis) is 1. The average molecular weight is 1400 g/mol. The van der Waals surface area contributed by atoms with E-state index in [-0.39, 0.29) is 38.8 Å². The number of primary amides is 1. The number of imide groups is 1. The van der Waals surface area contributed by atoms with Crippen molar-refractivity contribution in [1.29, 1.82) is 0 Å². The molecule has 2 aromatic carbocycles. The van der Waals surface area contributed by atoms with Crippen molar-refractivity contribution in [3.63, 3.8) is 0 Å². The molecule has 22 heteroatoms. The number of nitrogens with zero attached hydrogens (tertiary/aromatic N) is 1. The molecule has 1 aliphatic rings. The van der Waals surface area contributed by atoms with E-state index < -0.39 is 123 Å². The summed E-state index contributed by atoms with van der Waals surface area (Å²) in [6.07, 6.45) is 25.7. The molecule has 1 saturated heterocycles. The van der Waals surface area contributed by atoms with Crippen molar-refractivity contribution in [1.82, 2.24) is 20.9 Å². The number of aliphatic hydroxyl groups excluding tert-OH is 5. The third kappa shape index (κ3) is 38.8. The fourth-order valence-corrected chi connectivity index (χ4v) is 12.6. The molecule has 10 atom stereocenters. The van der Waals surface area contributed by atoms with Gasteiger partial charge in [0.25, 0.3) is 5.91 Å². The number of amides is 6. The lowest BCUT2D eigenvalue weighted by molar-refractivity contribution is -0.304. The minimum absolute atomic E-state index is 0.0114. The summed E-state index contributed by atoms with van der Waals surface area (Å²) in [5, 5.41) is 63.8. The van der Waals surface area contributed by atoms with Crippen LogP contribution in [0.4, 0.5) is 20.1 Å². The number of ether oxygens (including phenoxy) is 5. The molecule has 22 nitrogen and oxygen atoms in total. The second-order valence-corrected chi connectivity index (χ2v) is 27.7. The lowest BCUT2D eigenvalue weighted by Crippen LogP contribution is -2.63. The van der Waals surface area contributed by atoms with E-state index in [1.165, 1.54) is 141 Å². The van der Waals surface area contributed by atoms with Crippen LogP contribution >= 0.6 is 0 Å². The number of carbonyl (C=O) groups excluding carboxylic acids is 6. The summed E-state index contributed by atoms with van der Waals surface area (Å²) in [5.41, 5.74) is 12.9. The predicted molar refractivity (Wildman–Crippen MR) is 387 cm³/mol. The van der Waals surface area contributed by atoms with Gasteiger partial charge in [0.05, 0.1) is 19.3 Å². The molecule has 1 aliphatic heterocycles. The van der Waals surface area contributed by atoms with Crippen molar-refractivity contribution in [3.05, 3.63) is 65.7 Å². The van der Waals surface area contributed by atoms with Crippen molar-refractivity contribution in [2.75, 3.05) is 25.5 Å². The van der Waals surface area contributed by atoms with Crippen molar-refractivity contribution in [3.8, 4) is 0 Å². The highest BCUT2D eigenvalue weighted by atomic mass is 16.7. The van der Waals surface area contributed by atoms with Crippen LogP contribution < -0.4 is 27.4 Å². The Labute approximate surface area is 593 Å². The molecule has 0 saturated carbocycles. The predicted octanol–water partition coefficient (Wildman–Crippen LogP) is 13.5. The van der Waals surface area contributed by atoms with Gasteiger partial charge in [-0.3, -0.25) is 14.4 Å². The number of nitrogens with two attached hydrogens (primary N) is 2. The third-order valence-corrected chi connectivity index (χ3v) is 18.8. The van der Waals surface area contributed by atoms with E-state index in [0.29, 0.717) is 41.0 Å². The molecule has 0 aliphatic carbocycles. The van der Waals surface area contributed by atoms with Crippen molar-refractivity contribution < 1.29 is 78.0 Å². The lowest BCUT2D eigenvalue weighted by atomic mass is 9.96. The van der Waals surface area contributed by atoms with Crippen LogP contribution in [0, 0.1) is 5.92 Å². The molecule has 0 unspecified atom stereocenters. The zero-order valence-corrected chi connectivity index (χ0v) is 61.0. The molecule has 0 aromatic heterocycles. The first-order valence-corrected chi connectivity index (χ1v) is 38.4. The highest BCUT2D eigenvalue weighted by Crippen LogP contribution is 2.28. The Kier molecular flexibility index (Phi) is 48.7. The molecule has 12 N–H and O–H groups in total. The molecular weight excluding hydrogens is 1260 g/mol. The second kappa shape index (κ2) is 55.0. The van der Waals surface area contributed by atoms with Gasteiger partial charge in [-0.25, -0.2) is 19.3 Å². The van der Waals surface area contributed by atoms with Crippen LogP contribution in [0.3, 0.4) is 0 Å². The number of hydrogen-bond donors (Lipinski definition) is 10. The van der Waals surface area contributed by atoms with E-state index >= 15 is 9.59 Å². The van der Waals surface area contributed by atoms with Crippen LogP contribution in [-0.2, 0) is 51.3 Å². The summed E-state index contributed by atoms with van der Waals surface area (Å²) in [6, 6.07) is 9.40. The van der Waals surface area contributed by atoms with Crippen LogP contribution in [0.1, 0.15) is 289 Å². The number of rotatable bonds is 58. The molecule has 1 heterocycles. The topological polar surface area (TPSA) is 341 Å². The number of esters is 1. The van der Waals surface area contributed by atoms with Gasteiger partial charge in [-0.15, -0.1) is 0 Å². The molecule has 0 radical (unpaired) electrons. The summed E-state index contributed by atoms with van der Waals surface area (Å²) in [6.45, 7) is 5.38. The van der Waals surface area contributed by atoms with Gasteiger partial charge >= 0.3 is 24.2 Å². The number of aliphatic hydroxyl groups is 5. The summed E-state index contributed by atoms with van der Waals surface area (Å²) in [4.78, 5) is 85.4. The number of nitrogen functional groups attached to an aromatic ring is 1. The highest BCUT2D eigenvalue weighted by molar-refractivity contribution is 5.98. The zero-order valence-electron chi connectivity index (χ0n) is 61.0. The number of nitrogens with one attached hydrogen (secondary N) is 3. The Hall–Kier alpha value is -5.62. The first kappa shape index (κ1) is 87.6. The molecule has 0 bridgehead atoms. The Morgan fingerprint density at radius 3 is 1.51 bits per heavy atom. The molecule has 6 amide bonds. The molecular formula is C77H132N6O16. The normalized spacial score (nSPS) is 17.6. The van der Waals surface area contributed by atoms with Gasteiger partial charge in [0.15, 0.2) is 6.29 Å². The highest BCUT2D eigenvalue weighted by Gasteiger charge is 2.48. The number of unbranched alkanes of at least 4 members (excludes halogenated alkanes) is 33. The summed E-state index contributed by atoms with van der Waals surface area (Å²) < 4.78 is 29.4. The zero-order chi connectivity index (χ0) is 72.3. The van der Waals surface area contributed by atoms with Gasteiger partial charge in [-0.05, 0) is 61.3 Å². The van der Waals surface area contributed by atoms with E-state index in [4.69, 9.17) is 35.2 Å². The average Bonchev–Trinajstić information content (AvgIpc) is 0.805. The molecule has 1 fully saturated rings. The Bertz CT molecular complexity index is 2430. The fraction of sp³-hybridized carbons (Fsp3) is 0.766. The van der Waals surface area contributed by atoms with Gasteiger partial charge < -0.3 is 76.6 Å². The Morgan fingerprint density at radius 2 is 1.03 bits per heavy atom. The molecule has 566 valence electrons. The van der Waals surface area contributed by atoms with Crippen LogP contribution in [0.15, 0.2) is 54.6 Å². The van der Waals surface area contributed by atoms with Crippen LogP contribution in [0.25, 0.3) is 0 Å². The Balaban J connectivity index is 1.91. The largest absolute Gasteiger partial charge is 0.460 e. The SMILES string of the molecule is CCCCCCCCCCCCCCCCCCCCCCCCCC(=O)O[C@H](CCCCCCCCCCCCCC)[C@@H](O)[C@H](CO[C@H]1O[C@H](CO)[C@H](O)[C@H](O)[C@H]1O)N(C(=O)OCc1ccc(N)cc1)C(=O)[C@H](CCCNC(N)=O)NC(=O)[C@@H](NC(=O)OCc1ccccc1)C(C)C. The first-order chi connectivity index (χ1) is 47.9. The number of hydrogen-bond acceptors (Lipinski definition) is 17. The van der Waals surface area contributed by atoms with Crippen molar-refractivity contribution >= 4 is 41.7 Å². The minimum atomic E-state index is -1.98. The molecule has 2 aromatic rings. The van der Waals surface area contributed by atoms with Crippen molar-refractivity contribution in [2.24, 2.45) is 11.7 Å². The van der Waals surface area contributed by atoms with E-state index in [1.807, 2.05) is 0 Å². The number of anilines is 1. The summed E-state index contributed by atoms with van der Waals surface area (Å²) >= 11 is 0. The van der Waals surface area contributed by atoms with E-state index in [1.54, 1.807) is 68.4 Å². The standard InChI is InChI=1S/C77H132N6O16/c1-5-7-9-11-13-15-17-19-20-21-22-23-24-25-26-27-28-29-31-33-35-37-42-48-66(85)98-64(47-41-36-34-32-30-18-16-14-12-10-8-6-2)68(86)63(57-95-74-71(89)70(88)69(87)65(54-84)99-74)83(77(94)97-56-60-49-51-61(78)52-50-60)73(91)62(46-43-53-80-75(79)92)81-72(90)67(58(3)4)82-76(93)96-55-59-44-39-38-40-45-59/h38-40,44-45,49-52,58,62-65,67-71,74,84,86-89H,5-37,41-43,46-48,53-57,78H2,1-4H3,(H,81,90)(H,82,93)(H3,79,80,92)/t62-,63-,64+,65+,67-,68-,69-,70-,71+,74-/m0/s1.